The van der Waals surface area contributed by atoms with E-state index in [0.29, 0.717) is 25.3 Å². The number of rotatable bonds is 8. The number of nitrogens with one attached hydrogen (secondary N) is 1. The number of carboxylic acid groups (broad SMARTS) is 1. The molecule has 0 aromatic heterocycles. The molecule has 1 aliphatic rings. The van der Waals surface area contributed by atoms with E-state index in [-0.39, 0.29) is 17.7 Å². The molecule has 0 heterocycles. The molecule has 1 aromatic rings. The zero-order valence-electron chi connectivity index (χ0n) is 14.9. The highest BCUT2D eigenvalue weighted by molar-refractivity contribution is 7.99. The molecule has 2 N–H and O–H groups in total. The van der Waals surface area contributed by atoms with E-state index in [0.717, 1.165) is 29.2 Å². The molecule has 0 bridgehead atoms. The van der Waals surface area contributed by atoms with Crippen LogP contribution in [0.4, 0.5) is 0 Å². The lowest BCUT2D eigenvalue weighted by Gasteiger charge is -2.26. The molecule has 2 rings (SSSR count). The van der Waals surface area contributed by atoms with Crippen LogP contribution in [0.1, 0.15) is 32.6 Å². The highest BCUT2D eigenvalue weighted by Gasteiger charge is 2.30. The molecule has 1 aliphatic carbocycles. The van der Waals surface area contributed by atoms with Gasteiger partial charge in [-0.2, -0.15) is 0 Å². The lowest BCUT2D eigenvalue weighted by atomic mass is 9.81. The summed E-state index contributed by atoms with van der Waals surface area (Å²) in [4.78, 5) is 24.5. The van der Waals surface area contributed by atoms with Gasteiger partial charge in [-0.3, -0.25) is 9.59 Å². The first-order valence-corrected chi connectivity index (χ1v) is 9.76. The van der Waals surface area contributed by atoms with Gasteiger partial charge in [-0.05, 0) is 37.3 Å². The molecule has 138 valence electrons. The minimum Gasteiger partial charge on any atom is -0.496 e. The van der Waals surface area contributed by atoms with Crippen molar-refractivity contribution in [2.45, 2.75) is 37.5 Å². The number of amides is 1. The average Bonchev–Trinajstić information content (AvgIpc) is 2.64. The summed E-state index contributed by atoms with van der Waals surface area (Å²) >= 11 is 1.72. The molecule has 0 radical (unpaired) electrons. The van der Waals surface area contributed by atoms with Gasteiger partial charge in [0.2, 0.25) is 5.91 Å². The van der Waals surface area contributed by atoms with E-state index in [4.69, 9.17) is 9.84 Å². The summed E-state index contributed by atoms with van der Waals surface area (Å²) in [5, 5.41) is 12.1. The van der Waals surface area contributed by atoms with Gasteiger partial charge in [-0.25, -0.2) is 0 Å². The van der Waals surface area contributed by atoms with E-state index >= 15 is 0 Å². The molecule has 0 saturated heterocycles. The molecule has 0 aliphatic heterocycles. The van der Waals surface area contributed by atoms with Crippen LogP contribution in [0.2, 0.25) is 0 Å². The molecule has 3 atom stereocenters. The Morgan fingerprint density at radius 3 is 2.76 bits per heavy atom. The number of thioether (sulfide) groups is 1. The van der Waals surface area contributed by atoms with Gasteiger partial charge in [0, 0.05) is 23.1 Å². The number of carbonyl (C=O) groups is 2. The normalized spacial score (nSPS) is 21.4. The molecule has 3 unspecified atom stereocenters. The first-order chi connectivity index (χ1) is 12.0. The zero-order chi connectivity index (χ0) is 18.2. The van der Waals surface area contributed by atoms with Gasteiger partial charge >= 0.3 is 5.97 Å². The Labute approximate surface area is 153 Å². The quantitative estimate of drug-likeness (QED) is 0.690. The molecule has 1 aromatic carbocycles. The first kappa shape index (κ1) is 19.6. The van der Waals surface area contributed by atoms with Gasteiger partial charge < -0.3 is 15.2 Å². The van der Waals surface area contributed by atoms with Crippen molar-refractivity contribution in [2.75, 3.05) is 19.4 Å². The van der Waals surface area contributed by atoms with Crippen molar-refractivity contribution in [3.63, 3.8) is 0 Å². The zero-order valence-corrected chi connectivity index (χ0v) is 15.7. The summed E-state index contributed by atoms with van der Waals surface area (Å²) in [7, 11) is 1.66. The third kappa shape index (κ3) is 5.96. The summed E-state index contributed by atoms with van der Waals surface area (Å²) in [5.74, 6) is 0.748. The van der Waals surface area contributed by atoms with Crippen LogP contribution in [-0.2, 0) is 9.59 Å². The highest BCUT2D eigenvalue weighted by atomic mass is 32.2. The predicted octanol–water partition coefficient (Wildman–Crippen LogP) is 3.43. The van der Waals surface area contributed by atoms with Crippen LogP contribution in [-0.4, -0.2) is 36.4 Å². The van der Waals surface area contributed by atoms with Crippen molar-refractivity contribution in [1.82, 2.24) is 5.32 Å². The maximum atomic E-state index is 12.3. The van der Waals surface area contributed by atoms with E-state index in [2.05, 4.69) is 12.2 Å². The molecule has 1 saturated carbocycles. The Kier molecular flexibility index (Phi) is 7.62. The topological polar surface area (TPSA) is 75.6 Å². The van der Waals surface area contributed by atoms with E-state index in [1.807, 2.05) is 24.3 Å². The third-order valence-electron chi connectivity index (χ3n) is 4.61. The van der Waals surface area contributed by atoms with Crippen molar-refractivity contribution in [2.24, 2.45) is 17.8 Å². The van der Waals surface area contributed by atoms with E-state index in [9.17, 15) is 9.59 Å². The summed E-state index contributed by atoms with van der Waals surface area (Å²) in [6, 6.07) is 7.90. The summed E-state index contributed by atoms with van der Waals surface area (Å²) in [6.45, 7) is 2.71. The largest absolute Gasteiger partial charge is 0.496 e. The number of hydrogen-bond donors (Lipinski definition) is 2. The number of hydrogen-bond acceptors (Lipinski definition) is 4. The Balaban J connectivity index is 1.74. The van der Waals surface area contributed by atoms with E-state index in [1.54, 1.807) is 18.9 Å². The average molecular weight is 365 g/mol. The van der Waals surface area contributed by atoms with Gasteiger partial charge in [-0.15, -0.1) is 11.8 Å². The number of para-hydroxylation sites is 1. The Morgan fingerprint density at radius 2 is 2.04 bits per heavy atom. The van der Waals surface area contributed by atoms with Gasteiger partial charge in [0.05, 0.1) is 13.0 Å². The monoisotopic (exact) mass is 365 g/mol. The number of methoxy groups -OCH3 is 1. The Morgan fingerprint density at radius 1 is 1.32 bits per heavy atom. The van der Waals surface area contributed by atoms with Crippen molar-refractivity contribution in [3.8, 4) is 5.75 Å². The van der Waals surface area contributed by atoms with Crippen LogP contribution >= 0.6 is 11.8 Å². The number of benzene rings is 1. The SMILES string of the molecule is COc1ccccc1SCC(C)CNC(=O)C1CCCC(C(=O)O)C1. The number of ether oxygens (including phenoxy) is 1. The standard InChI is InChI=1S/C19H27NO4S/c1-13(12-25-17-9-4-3-8-16(17)24-2)11-20-18(21)14-6-5-7-15(10-14)19(22)23/h3-4,8-9,13-15H,5-7,10-12H2,1-2H3,(H,20,21)(H,22,23). The first-order valence-electron chi connectivity index (χ1n) is 8.77. The molecular formula is C19H27NO4S. The minimum absolute atomic E-state index is 0.0000849. The van der Waals surface area contributed by atoms with E-state index in [1.165, 1.54) is 0 Å². The van der Waals surface area contributed by atoms with Crippen molar-refractivity contribution >= 4 is 23.6 Å². The fourth-order valence-corrected chi connectivity index (χ4v) is 4.15. The van der Waals surface area contributed by atoms with Crippen LogP contribution in [0.5, 0.6) is 5.75 Å². The van der Waals surface area contributed by atoms with Gasteiger partial charge in [0.25, 0.3) is 0 Å². The fraction of sp³-hybridized carbons (Fsp3) is 0.579. The van der Waals surface area contributed by atoms with Crippen LogP contribution in [0, 0.1) is 17.8 Å². The van der Waals surface area contributed by atoms with Crippen LogP contribution in [0.15, 0.2) is 29.2 Å². The summed E-state index contributed by atoms with van der Waals surface area (Å²) < 4.78 is 5.35. The lowest BCUT2D eigenvalue weighted by molar-refractivity contribution is -0.144. The second-order valence-electron chi connectivity index (χ2n) is 6.71. The Hall–Kier alpha value is -1.69. The highest BCUT2D eigenvalue weighted by Crippen LogP contribution is 2.31. The molecule has 6 heteroatoms. The molecule has 1 fully saturated rings. The predicted molar refractivity (Wildman–Crippen MR) is 99.0 cm³/mol. The maximum absolute atomic E-state index is 12.3. The van der Waals surface area contributed by atoms with Gasteiger partial charge in [0.1, 0.15) is 5.75 Å². The van der Waals surface area contributed by atoms with Crippen molar-refractivity contribution in [3.05, 3.63) is 24.3 Å². The van der Waals surface area contributed by atoms with Crippen LogP contribution in [0.25, 0.3) is 0 Å². The smallest absolute Gasteiger partial charge is 0.306 e. The van der Waals surface area contributed by atoms with Crippen molar-refractivity contribution in [1.29, 1.82) is 0 Å². The third-order valence-corrected chi connectivity index (χ3v) is 6.00. The molecule has 25 heavy (non-hydrogen) atoms. The minimum atomic E-state index is -0.779. The van der Waals surface area contributed by atoms with Gasteiger partial charge in [0.15, 0.2) is 0 Å². The van der Waals surface area contributed by atoms with E-state index < -0.39 is 5.97 Å². The number of carboxylic acids is 1. The van der Waals surface area contributed by atoms with Gasteiger partial charge in [-0.1, -0.05) is 25.5 Å². The molecule has 0 spiro atoms. The van der Waals surface area contributed by atoms with Crippen LogP contribution < -0.4 is 10.1 Å². The maximum Gasteiger partial charge on any atom is 0.306 e. The molecule has 5 nitrogen and oxygen atoms in total. The number of carbonyl (C=O) groups excluding carboxylic acids is 1. The summed E-state index contributed by atoms with van der Waals surface area (Å²) in [5.41, 5.74) is 0. The van der Waals surface area contributed by atoms with Crippen molar-refractivity contribution < 1.29 is 19.4 Å². The second kappa shape index (κ2) is 9.70. The molecular weight excluding hydrogens is 338 g/mol. The second-order valence-corrected chi connectivity index (χ2v) is 7.77. The molecule has 1 amide bonds. The fourth-order valence-electron chi connectivity index (χ4n) is 3.10. The lowest BCUT2D eigenvalue weighted by Crippen LogP contribution is -2.37. The van der Waals surface area contributed by atoms with Crippen LogP contribution in [0.3, 0.4) is 0 Å². The summed E-state index contributed by atoms with van der Waals surface area (Å²) in [6.07, 6.45) is 2.75. The number of aliphatic carboxylic acids is 1. The Bertz CT molecular complexity index is 593.